The van der Waals surface area contributed by atoms with E-state index in [-0.39, 0.29) is 30.3 Å². The van der Waals surface area contributed by atoms with Crippen LogP contribution in [0.25, 0.3) is 0 Å². The van der Waals surface area contributed by atoms with Gasteiger partial charge in [-0.2, -0.15) is 0 Å². The Bertz CT molecular complexity index is 137. The molecule has 0 saturated heterocycles. The molecule has 0 spiro atoms. The Kier molecular flexibility index (Phi) is 14.4. The maximum Gasteiger partial charge on any atom is 1.00 e. The molecular formula is C9H21AuClO4P. The molecule has 7 heteroatoms. The summed E-state index contributed by atoms with van der Waals surface area (Å²) in [6.45, 7) is 14.1. The first-order valence-corrected chi connectivity index (χ1v) is 7.64. The SMILES string of the molecule is CC(C)P(C(C)C)C(C)C.[Au+].[O-][Cl+3]([O-])([O-])[O-]. The predicted molar refractivity (Wildman–Crippen MR) is 52.3 cm³/mol. The Morgan fingerprint density at radius 2 is 0.812 bits per heavy atom. The fourth-order valence-electron chi connectivity index (χ4n) is 1.79. The van der Waals surface area contributed by atoms with Gasteiger partial charge < -0.3 is 0 Å². The van der Waals surface area contributed by atoms with Gasteiger partial charge in [-0.15, -0.1) is 10.2 Å². The molecule has 0 aliphatic carbocycles. The van der Waals surface area contributed by atoms with E-state index in [9.17, 15) is 0 Å². The number of hydrogen-bond acceptors (Lipinski definition) is 4. The number of hydrogen-bond donors (Lipinski definition) is 0. The van der Waals surface area contributed by atoms with Gasteiger partial charge in [0.1, 0.15) is 0 Å². The largest absolute Gasteiger partial charge is 1.00 e. The number of rotatable bonds is 3. The molecule has 0 aliphatic heterocycles. The Labute approximate surface area is 117 Å². The van der Waals surface area contributed by atoms with Crippen LogP contribution in [0.5, 0.6) is 0 Å². The van der Waals surface area contributed by atoms with Gasteiger partial charge in [-0.1, -0.05) is 49.5 Å². The summed E-state index contributed by atoms with van der Waals surface area (Å²) in [7, 11) is -4.68. The van der Waals surface area contributed by atoms with Gasteiger partial charge in [-0.05, 0) is 17.0 Å². The van der Waals surface area contributed by atoms with Crippen molar-refractivity contribution in [1.82, 2.24) is 0 Å². The van der Waals surface area contributed by atoms with E-state index >= 15 is 0 Å². The molecule has 4 nitrogen and oxygen atoms in total. The maximum atomic E-state index is 8.49. The van der Waals surface area contributed by atoms with Crippen molar-refractivity contribution in [3.8, 4) is 0 Å². The summed E-state index contributed by atoms with van der Waals surface area (Å²) in [5.41, 5.74) is 2.69. The smallest absolute Gasteiger partial charge is 0.222 e. The summed E-state index contributed by atoms with van der Waals surface area (Å²) in [6, 6.07) is 0. The third kappa shape index (κ3) is 17.7. The molecule has 0 fully saturated rings. The Morgan fingerprint density at radius 3 is 0.812 bits per heavy atom. The van der Waals surface area contributed by atoms with Crippen LogP contribution in [0, 0.1) is 10.2 Å². The minimum absolute atomic E-state index is 0. The van der Waals surface area contributed by atoms with Gasteiger partial charge in [-0.3, -0.25) is 0 Å². The van der Waals surface area contributed by atoms with Crippen molar-refractivity contribution in [3.63, 3.8) is 0 Å². The summed E-state index contributed by atoms with van der Waals surface area (Å²) < 4.78 is 34.0. The molecule has 0 N–H and O–H groups in total. The minimum Gasteiger partial charge on any atom is -0.222 e. The van der Waals surface area contributed by atoms with Gasteiger partial charge in [0.15, 0.2) is 0 Å². The minimum atomic E-state index is -4.94. The van der Waals surface area contributed by atoms with E-state index in [2.05, 4.69) is 41.5 Å². The topological polar surface area (TPSA) is 92.2 Å². The molecule has 0 aromatic rings. The molecule has 0 radical (unpaired) electrons. The van der Waals surface area contributed by atoms with Gasteiger partial charge >= 0.3 is 22.4 Å². The Hall–Kier alpha value is 1.30. The zero-order chi connectivity index (χ0) is 12.8. The Morgan fingerprint density at radius 1 is 0.688 bits per heavy atom. The molecular weight excluding hydrogens is 435 g/mol. The average molecular weight is 457 g/mol. The molecule has 104 valence electrons. The molecule has 0 aromatic carbocycles. The fourth-order valence-corrected chi connectivity index (χ4v) is 5.37. The second kappa shape index (κ2) is 10.2. The normalized spacial score (nSPS) is 11.6. The summed E-state index contributed by atoms with van der Waals surface area (Å²) in [6.07, 6.45) is 0. The van der Waals surface area contributed by atoms with Crippen LogP contribution in [0.1, 0.15) is 41.5 Å². The van der Waals surface area contributed by atoms with Crippen LogP contribution in [-0.4, -0.2) is 17.0 Å². The van der Waals surface area contributed by atoms with Gasteiger partial charge in [0, 0.05) is 0 Å². The first-order valence-electron chi connectivity index (χ1n) is 4.86. The second-order valence-corrected chi connectivity index (χ2v) is 8.86. The van der Waals surface area contributed by atoms with E-state index in [1.165, 1.54) is 0 Å². The van der Waals surface area contributed by atoms with Crippen LogP contribution >= 0.6 is 7.92 Å². The van der Waals surface area contributed by atoms with E-state index in [0.717, 1.165) is 17.0 Å². The summed E-state index contributed by atoms with van der Waals surface area (Å²) in [4.78, 5) is 0. The first kappa shape index (κ1) is 22.5. The van der Waals surface area contributed by atoms with Crippen molar-refractivity contribution >= 4 is 7.92 Å². The van der Waals surface area contributed by atoms with Crippen LogP contribution in [0.2, 0.25) is 0 Å². The van der Waals surface area contributed by atoms with E-state index in [4.69, 9.17) is 18.6 Å². The van der Waals surface area contributed by atoms with Gasteiger partial charge in [0.2, 0.25) is 0 Å². The monoisotopic (exact) mass is 456 g/mol. The van der Waals surface area contributed by atoms with Crippen LogP contribution in [0.3, 0.4) is 0 Å². The van der Waals surface area contributed by atoms with E-state index in [1.807, 2.05) is 0 Å². The standard InChI is InChI=1S/C9H21P.Au.ClHO4/c1-7(2)10(8(3)4)9(5)6;;2-1(3,4)5/h7-9H,1-6H3;;(H,2,3,4,5)/q;+1;/p-1. The first-order chi connectivity index (χ1) is 6.46. The number of halogens is 1. The zero-order valence-corrected chi connectivity index (χ0v) is 14.3. The molecule has 0 atom stereocenters. The van der Waals surface area contributed by atoms with Crippen LogP contribution in [0.4, 0.5) is 0 Å². The molecule has 0 unspecified atom stereocenters. The molecule has 0 rings (SSSR count). The van der Waals surface area contributed by atoms with E-state index < -0.39 is 10.2 Å². The van der Waals surface area contributed by atoms with Crippen molar-refractivity contribution in [2.24, 2.45) is 0 Å². The molecule has 0 bridgehead atoms. The summed E-state index contributed by atoms with van der Waals surface area (Å²) in [5, 5.41) is 0. The molecule has 0 aliphatic rings. The van der Waals surface area contributed by atoms with Gasteiger partial charge in [0.05, 0.1) is 0 Å². The molecule has 0 saturated carbocycles. The third-order valence-electron chi connectivity index (χ3n) is 1.79. The maximum absolute atomic E-state index is 8.49. The third-order valence-corrected chi connectivity index (χ3v) is 5.37. The Balaban J connectivity index is -0.000000242. The predicted octanol–water partition coefficient (Wildman–Crippen LogP) is -1.06. The molecule has 0 amide bonds. The molecule has 0 aromatic heterocycles. The average Bonchev–Trinajstić information content (AvgIpc) is 1.77. The second-order valence-electron chi connectivity index (χ2n) is 4.11. The summed E-state index contributed by atoms with van der Waals surface area (Å²) in [5.74, 6) is 0. The van der Waals surface area contributed by atoms with Gasteiger partial charge in [0.25, 0.3) is 0 Å². The van der Waals surface area contributed by atoms with Crippen molar-refractivity contribution < 1.29 is 51.3 Å². The van der Waals surface area contributed by atoms with Crippen molar-refractivity contribution in [2.45, 2.75) is 58.5 Å². The van der Waals surface area contributed by atoms with Crippen molar-refractivity contribution in [1.29, 1.82) is 0 Å². The summed E-state index contributed by atoms with van der Waals surface area (Å²) >= 11 is 0. The van der Waals surface area contributed by atoms with Crippen molar-refractivity contribution in [3.05, 3.63) is 0 Å². The zero-order valence-electron chi connectivity index (χ0n) is 10.5. The van der Waals surface area contributed by atoms with Crippen molar-refractivity contribution in [2.75, 3.05) is 0 Å². The van der Waals surface area contributed by atoms with E-state index in [0.29, 0.717) is 0 Å². The molecule has 16 heavy (non-hydrogen) atoms. The van der Waals surface area contributed by atoms with Crippen LogP contribution in [-0.2, 0) is 22.4 Å². The quantitative estimate of drug-likeness (QED) is 0.400. The van der Waals surface area contributed by atoms with Gasteiger partial charge in [-0.25, -0.2) is 18.6 Å². The van der Waals surface area contributed by atoms with E-state index in [1.54, 1.807) is 0 Å². The van der Waals surface area contributed by atoms with Crippen LogP contribution in [0.15, 0.2) is 0 Å². The fraction of sp³-hybridized carbons (Fsp3) is 1.00. The van der Waals surface area contributed by atoms with Crippen LogP contribution < -0.4 is 18.6 Å². The molecule has 0 heterocycles.